The zero-order valence-corrected chi connectivity index (χ0v) is 16.7. The van der Waals surface area contributed by atoms with Gasteiger partial charge in [0, 0.05) is 50.4 Å². The molecule has 1 aliphatic heterocycles. The fourth-order valence-electron chi connectivity index (χ4n) is 3.37. The number of hydrogen-bond acceptors (Lipinski definition) is 6. The topological polar surface area (TPSA) is 80.8 Å². The maximum Gasteiger partial charge on any atom is 0.220 e. The van der Waals surface area contributed by atoms with E-state index in [-0.39, 0.29) is 30.6 Å². The third-order valence-electron chi connectivity index (χ3n) is 5.04. The molecule has 7 nitrogen and oxygen atoms in total. The van der Waals surface area contributed by atoms with Crippen molar-refractivity contribution in [1.82, 2.24) is 15.2 Å². The lowest BCUT2D eigenvalue weighted by Crippen LogP contribution is -2.43. The summed E-state index contributed by atoms with van der Waals surface area (Å²) >= 11 is 0. The van der Waals surface area contributed by atoms with Gasteiger partial charge >= 0.3 is 0 Å². The maximum absolute atomic E-state index is 12.4. The Balaban J connectivity index is 1.57. The summed E-state index contributed by atoms with van der Waals surface area (Å²) < 4.78 is 10.7. The molecule has 1 atom stereocenters. The number of ketones is 1. The number of amides is 1. The molecule has 2 aromatic rings. The Morgan fingerprint density at radius 1 is 1.17 bits per heavy atom. The average Bonchev–Trinajstić information content (AvgIpc) is 2.79. The Kier molecular flexibility index (Phi) is 7.72. The number of carbonyl (C=O) groups excluding carboxylic acids is 2. The van der Waals surface area contributed by atoms with Crippen molar-refractivity contribution in [1.29, 1.82) is 0 Å². The minimum absolute atomic E-state index is 0.0442. The number of pyridine rings is 1. The van der Waals surface area contributed by atoms with Gasteiger partial charge in [-0.1, -0.05) is 12.1 Å². The molecule has 0 saturated carbocycles. The van der Waals surface area contributed by atoms with Gasteiger partial charge in [-0.25, -0.2) is 0 Å². The van der Waals surface area contributed by atoms with Crippen LogP contribution < -0.4 is 10.1 Å². The van der Waals surface area contributed by atoms with Crippen molar-refractivity contribution in [3.63, 3.8) is 0 Å². The van der Waals surface area contributed by atoms with E-state index in [0.717, 1.165) is 24.4 Å². The Morgan fingerprint density at radius 2 is 1.93 bits per heavy atom. The first kappa shape index (κ1) is 21.0. The van der Waals surface area contributed by atoms with Crippen molar-refractivity contribution in [2.45, 2.75) is 18.9 Å². The summed E-state index contributed by atoms with van der Waals surface area (Å²) in [4.78, 5) is 30.8. The van der Waals surface area contributed by atoms with E-state index in [9.17, 15) is 9.59 Å². The van der Waals surface area contributed by atoms with E-state index in [1.165, 1.54) is 6.20 Å². The lowest BCUT2D eigenvalue weighted by molar-refractivity contribution is -0.121. The van der Waals surface area contributed by atoms with Crippen LogP contribution in [0.3, 0.4) is 0 Å². The largest absolute Gasteiger partial charge is 0.497 e. The molecule has 154 valence electrons. The third kappa shape index (κ3) is 6.10. The molecule has 0 radical (unpaired) electrons. The Bertz CT molecular complexity index is 789. The van der Waals surface area contributed by atoms with Crippen LogP contribution in [-0.4, -0.2) is 61.5 Å². The highest BCUT2D eigenvalue weighted by atomic mass is 16.5. The van der Waals surface area contributed by atoms with E-state index < -0.39 is 0 Å². The molecule has 1 amide bonds. The molecule has 0 bridgehead atoms. The molecule has 1 fully saturated rings. The number of aromatic nitrogens is 1. The van der Waals surface area contributed by atoms with Gasteiger partial charge in [-0.05, 0) is 29.8 Å². The molecule has 3 rings (SSSR count). The van der Waals surface area contributed by atoms with Crippen LogP contribution in [0.4, 0.5) is 0 Å². The Hall–Kier alpha value is -2.77. The van der Waals surface area contributed by atoms with Gasteiger partial charge in [-0.2, -0.15) is 0 Å². The van der Waals surface area contributed by atoms with Gasteiger partial charge in [-0.3, -0.25) is 19.5 Å². The van der Waals surface area contributed by atoms with Crippen LogP contribution in [0.5, 0.6) is 5.75 Å². The van der Waals surface area contributed by atoms with E-state index in [1.54, 1.807) is 25.4 Å². The average molecular weight is 397 g/mol. The SMILES string of the molecule is COc1ccc(C(CNC(=O)CCC(=O)c2cccnc2)N2CCOCC2)cc1. The van der Waals surface area contributed by atoms with E-state index in [4.69, 9.17) is 9.47 Å². The van der Waals surface area contributed by atoms with Crippen molar-refractivity contribution in [2.24, 2.45) is 0 Å². The first-order valence-corrected chi connectivity index (χ1v) is 9.83. The molecule has 1 aromatic heterocycles. The molecular formula is C22H27N3O4. The van der Waals surface area contributed by atoms with E-state index in [2.05, 4.69) is 15.2 Å². The van der Waals surface area contributed by atoms with Crippen molar-refractivity contribution < 1.29 is 19.1 Å². The Labute approximate surface area is 171 Å². The number of morpholine rings is 1. The molecule has 1 N–H and O–H groups in total. The number of carbonyl (C=O) groups is 2. The van der Waals surface area contributed by atoms with E-state index in [0.29, 0.717) is 25.3 Å². The molecule has 7 heteroatoms. The third-order valence-corrected chi connectivity index (χ3v) is 5.04. The van der Waals surface area contributed by atoms with Crippen molar-refractivity contribution in [3.8, 4) is 5.75 Å². The van der Waals surface area contributed by atoms with Gasteiger partial charge in [0.25, 0.3) is 0 Å². The number of hydrogen-bond donors (Lipinski definition) is 1. The van der Waals surface area contributed by atoms with Crippen LogP contribution in [0.2, 0.25) is 0 Å². The second-order valence-electron chi connectivity index (χ2n) is 6.91. The summed E-state index contributed by atoms with van der Waals surface area (Å²) in [5, 5.41) is 2.99. The molecule has 1 saturated heterocycles. The highest BCUT2D eigenvalue weighted by Gasteiger charge is 2.23. The molecule has 0 spiro atoms. The molecular weight excluding hydrogens is 370 g/mol. The predicted octanol–water partition coefficient (Wildman–Crippen LogP) is 2.24. The van der Waals surface area contributed by atoms with Crippen LogP contribution in [0.1, 0.15) is 34.8 Å². The predicted molar refractivity (Wildman–Crippen MR) is 109 cm³/mol. The second kappa shape index (κ2) is 10.7. The number of ether oxygens (including phenoxy) is 2. The van der Waals surface area contributed by atoms with Gasteiger partial charge in [0.2, 0.25) is 5.91 Å². The zero-order valence-electron chi connectivity index (χ0n) is 16.7. The zero-order chi connectivity index (χ0) is 20.5. The summed E-state index contributed by atoms with van der Waals surface area (Å²) in [5.41, 5.74) is 1.64. The number of rotatable bonds is 9. The monoisotopic (exact) mass is 397 g/mol. The quantitative estimate of drug-likeness (QED) is 0.654. The van der Waals surface area contributed by atoms with Crippen LogP contribution in [-0.2, 0) is 9.53 Å². The van der Waals surface area contributed by atoms with Crippen LogP contribution in [0.15, 0.2) is 48.8 Å². The highest BCUT2D eigenvalue weighted by molar-refractivity contribution is 5.97. The maximum atomic E-state index is 12.4. The molecule has 29 heavy (non-hydrogen) atoms. The van der Waals surface area contributed by atoms with Crippen molar-refractivity contribution >= 4 is 11.7 Å². The minimum Gasteiger partial charge on any atom is -0.497 e. The molecule has 1 aromatic carbocycles. The molecule has 2 heterocycles. The van der Waals surface area contributed by atoms with Gasteiger partial charge in [0.1, 0.15) is 5.75 Å². The Morgan fingerprint density at radius 3 is 2.59 bits per heavy atom. The van der Waals surface area contributed by atoms with Crippen molar-refractivity contribution in [2.75, 3.05) is 40.0 Å². The lowest BCUT2D eigenvalue weighted by Gasteiger charge is -2.35. The van der Waals surface area contributed by atoms with Crippen LogP contribution >= 0.6 is 0 Å². The normalized spacial score (nSPS) is 15.5. The van der Waals surface area contributed by atoms with Crippen molar-refractivity contribution in [3.05, 3.63) is 59.9 Å². The fraction of sp³-hybridized carbons (Fsp3) is 0.409. The second-order valence-corrected chi connectivity index (χ2v) is 6.91. The summed E-state index contributed by atoms with van der Waals surface area (Å²) in [6.45, 7) is 3.46. The molecule has 1 aliphatic rings. The number of nitrogens with one attached hydrogen (secondary N) is 1. The standard InChI is InChI=1S/C22H27N3O4/c1-28-19-6-4-17(5-7-19)20(25-11-13-29-14-12-25)16-24-22(27)9-8-21(26)18-3-2-10-23-15-18/h2-7,10,15,20H,8-9,11-14,16H2,1H3,(H,24,27). The van der Waals surface area contributed by atoms with Gasteiger partial charge in [-0.15, -0.1) is 0 Å². The van der Waals surface area contributed by atoms with Crippen LogP contribution in [0, 0.1) is 0 Å². The van der Waals surface area contributed by atoms with Crippen LogP contribution in [0.25, 0.3) is 0 Å². The summed E-state index contributed by atoms with van der Waals surface area (Å²) in [6, 6.07) is 11.4. The van der Waals surface area contributed by atoms with Gasteiger partial charge in [0.15, 0.2) is 5.78 Å². The first-order valence-electron chi connectivity index (χ1n) is 9.83. The number of benzene rings is 1. The smallest absolute Gasteiger partial charge is 0.220 e. The number of nitrogens with zero attached hydrogens (tertiary/aromatic N) is 2. The lowest BCUT2D eigenvalue weighted by atomic mass is 10.0. The number of methoxy groups -OCH3 is 1. The molecule has 0 aliphatic carbocycles. The number of Topliss-reactive ketones (excluding diaryl/α,β-unsaturated/α-hetero) is 1. The summed E-state index contributed by atoms with van der Waals surface area (Å²) in [5.74, 6) is 0.592. The first-order chi connectivity index (χ1) is 14.2. The summed E-state index contributed by atoms with van der Waals surface area (Å²) in [7, 11) is 1.64. The fourth-order valence-corrected chi connectivity index (χ4v) is 3.37. The van der Waals surface area contributed by atoms with E-state index >= 15 is 0 Å². The molecule has 1 unspecified atom stereocenters. The minimum atomic E-state index is -0.131. The van der Waals surface area contributed by atoms with Gasteiger partial charge in [0.05, 0.1) is 26.4 Å². The van der Waals surface area contributed by atoms with E-state index in [1.807, 2.05) is 24.3 Å². The summed E-state index contributed by atoms with van der Waals surface area (Å²) in [6.07, 6.45) is 3.47. The van der Waals surface area contributed by atoms with Gasteiger partial charge < -0.3 is 14.8 Å². The highest BCUT2D eigenvalue weighted by Crippen LogP contribution is 2.23.